The number of alkyl halides is 9. The van der Waals surface area contributed by atoms with E-state index in [0.29, 0.717) is 28.9 Å². The number of rotatable bonds is 8. The van der Waals surface area contributed by atoms with E-state index in [-0.39, 0.29) is 24.9 Å². The Kier molecular flexibility index (Phi) is 11.3. The van der Waals surface area contributed by atoms with Crippen LogP contribution in [-0.2, 0) is 21.0 Å². The SMILES string of the molecule is CCC(C)c1cccc2c1C=C(C1CCC(C)CC1)[CH]2[Zr]([Cl])([Cl])([CH]1C(C)=Cc2c(-c3ccc(C(C(F)(F)F)(C(F)(F)F)C(F)(F)F)cc3)cccc21)[SiH](C)C. The van der Waals surface area contributed by atoms with E-state index < -0.39 is 51.0 Å². The van der Waals surface area contributed by atoms with Gasteiger partial charge in [0.2, 0.25) is 0 Å². The van der Waals surface area contributed by atoms with Gasteiger partial charge in [0.15, 0.2) is 0 Å². The van der Waals surface area contributed by atoms with Crippen molar-refractivity contribution < 1.29 is 55.1 Å². The van der Waals surface area contributed by atoms with Crippen molar-refractivity contribution in [1.29, 1.82) is 0 Å². The van der Waals surface area contributed by atoms with Gasteiger partial charge >= 0.3 is 328 Å². The van der Waals surface area contributed by atoms with E-state index in [1.165, 1.54) is 22.3 Å². The third kappa shape index (κ3) is 6.59. The molecule has 3 atom stereocenters. The molecule has 3 aliphatic rings. The Bertz CT molecular complexity index is 1970. The van der Waals surface area contributed by atoms with Crippen LogP contribution < -0.4 is 0 Å². The van der Waals surface area contributed by atoms with Crippen LogP contribution in [-0.4, -0.2) is 24.5 Å². The molecule has 0 spiro atoms. The predicted octanol–water partition coefficient (Wildman–Crippen LogP) is 15.2. The Labute approximate surface area is 326 Å². The third-order valence-electron chi connectivity index (χ3n) is 13.1. The zero-order valence-corrected chi connectivity index (χ0v) is 36.7. The van der Waals surface area contributed by atoms with Crippen LogP contribution in [0, 0.1) is 11.8 Å². The summed E-state index contributed by atoms with van der Waals surface area (Å²) in [6, 6.07) is 14.2. The van der Waals surface area contributed by atoms with E-state index in [9.17, 15) is 39.5 Å². The number of hydrogen-bond donors (Lipinski definition) is 0. The molecule has 3 aromatic rings. The van der Waals surface area contributed by atoms with Gasteiger partial charge in [0, 0.05) is 0 Å². The van der Waals surface area contributed by atoms with Gasteiger partial charge in [-0.05, 0) is 0 Å². The Morgan fingerprint density at radius 1 is 0.727 bits per heavy atom. The van der Waals surface area contributed by atoms with Crippen molar-refractivity contribution in [1.82, 2.24) is 0 Å². The molecule has 3 aliphatic carbocycles. The fourth-order valence-electron chi connectivity index (χ4n) is 9.90. The number of allylic oxidation sites excluding steroid dienone is 2. The predicted molar refractivity (Wildman–Crippen MR) is 206 cm³/mol. The molecule has 1 saturated carbocycles. The molecule has 6 rings (SSSR count). The first-order chi connectivity index (χ1) is 25.4. The van der Waals surface area contributed by atoms with Crippen LogP contribution in [0.2, 0.25) is 13.1 Å². The fourth-order valence-corrected chi connectivity index (χ4v) is 41.9. The summed E-state index contributed by atoms with van der Waals surface area (Å²) in [5, 5.41) is 0. The number of fused-ring (bicyclic) bond motifs is 2. The number of halogens is 11. The monoisotopic (exact) mass is 909 g/mol. The van der Waals surface area contributed by atoms with Crippen molar-refractivity contribution in [2.75, 3.05) is 0 Å². The molecule has 0 amide bonds. The molecule has 55 heavy (non-hydrogen) atoms. The zero-order valence-electron chi connectivity index (χ0n) is 31.6. The van der Waals surface area contributed by atoms with Crippen LogP contribution in [0.15, 0.2) is 71.8 Å². The van der Waals surface area contributed by atoms with Crippen LogP contribution in [0.3, 0.4) is 0 Å². The fraction of sp³-hybridized carbons (Fsp3) is 0.476. The summed E-state index contributed by atoms with van der Waals surface area (Å²) in [5.41, 5.74) is 0.0705. The van der Waals surface area contributed by atoms with Crippen molar-refractivity contribution in [3.63, 3.8) is 0 Å². The molecule has 0 N–H and O–H groups in total. The molecule has 0 radical (unpaired) electrons. The van der Waals surface area contributed by atoms with Crippen molar-refractivity contribution in [2.24, 2.45) is 11.8 Å². The Morgan fingerprint density at radius 3 is 1.76 bits per heavy atom. The average Bonchev–Trinajstić information content (AvgIpc) is 3.65. The molecule has 0 aliphatic heterocycles. The maximum atomic E-state index is 14.0. The van der Waals surface area contributed by atoms with Gasteiger partial charge in [0.05, 0.1) is 0 Å². The molecule has 0 bridgehead atoms. The summed E-state index contributed by atoms with van der Waals surface area (Å²) < 4.78 is 125. The minimum atomic E-state index is -6.70. The van der Waals surface area contributed by atoms with Gasteiger partial charge in [-0.25, -0.2) is 0 Å². The Hall–Kier alpha value is -1.81. The second-order valence-electron chi connectivity index (χ2n) is 16.5. The first kappa shape index (κ1) is 42.8. The van der Waals surface area contributed by atoms with E-state index in [2.05, 4.69) is 58.1 Å². The molecule has 299 valence electrons. The Morgan fingerprint density at radius 2 is 1.25 bits per heavy atom. The van der Waals surface area contributed by atoms with Crippen molar-refractivity contribution in [2.45, 2.75) is 110 Å². The Balaban J connectivity index is 1.52. The summed E-state index contributed by atoms with van der Waals surface area (Å²) in [6.45, 7) is 13.1. The van der Waals surface area contributed by atoms with Crippen molar-refractivity contribution >= 4 is 35.1 Å². The average molecular weight is 912 g/mol. The van der Waals surface area contributed by atoms with Crippen LogP contribution in [0.4, 0.5) is 39.5 Å². The van der Waals surface area contributed by atoms with Crippen LogP contribution in [0.5, 0.6) is 0 Å². The van der Waals surface area contributed by atoms with E-state index in [1.807, 2.05) is 19.1 Å². The van der Waals surface area contributed by atoms with Crippen LogP contribution in [0.25, 0.3) is 23.3 Å². The summed E-state index contributed by atoms with van der Waals surface area (Å²) in [7, 11) is 17.1. The van der Waals surface area contributed by atoms with Crippen LogP contribution in [0.1, 0.15) is 106 Å². The normalized spacial score (nSPS) is 23.5. The molecule has 3 unspecified atom stereocenters. The van der Waals surface area contributed by atoms with Gasteiger partial charge in [0.25, 0.3) is 0 Å². The van der Waals surface area contributed by atoms with Crippen molar-refractivity contribution in [3.8, 4) is 11.1 Å². The standard InChI is InChI=1S/C20H12F9.C20H27.C2H7Si.2ClH.Zr/c1-11-9-13-3-2-4-15(16(13)10-11)12-5-7-14(8-6-12)17(18(21,22)23,19(24,25)26)20(27,28)29;1-4-15(3)19-7-5-6-17-12-18(13-20(17)19)16-10-8-14(2)9-11-16;1-3-2;;;/h2-10H,1H3;5-7,12-16H,4,8-11H2,1-3H3;3H,1-2H3;2*1H;/q;;;;;+2/p-2. The van der Waals surface area contributed by atoms with Gasteiger partial charge in [-0.1, -0.05) is 0 Å². The second kappa shape index (κ2) is 14.5. The molecule has 0 heterocycles. The molecule has 0 nitrogen and oxygen atoms in total. The number of hydrogen-bond acceptors (Lipinski definition) is 0. The first-order valence-electron chi connectivity index (χ1n) is 18.9. The minimum absolute atomic E-state index is 0.156. The number of benzene rings is 3. The molecule has 0 aromatic heterocycles. The van der Waals surface area contributed by atoms with E-state index >= 15 is 0 Å². The van der Waals surface area contributed by atoms with E-state index in [1.54, 1.807) is 12.1 Å². The third-order valence-corrected chi connectivity index (χ3v) is 65.1. The topological polar surface area (TPSA) is 0 Å². The maximum absolute atomic E-state index is 14.0. The quantitative estimate of drug-likeness (QED) is 0.156. The summed E-state index contributed by atoms with van der Waals surface area (Å²) in [5.74, 6) is -0.683. The summed E-state index contributed by atoms with van der Waals surface area (Å²) in [6.07, 6.45) is -10.5. The van der Waals surface area contributed by atoms with E-state index in [0.717, 1.165) is 55.4 Å². The first-order valence-corrected chi connectivity index (χ1v) is 35.3. The molecule has 0 saturated heterocycles. The summed E-state index contributed by atoms with van der Waals surface area (Å²) in [4.78, 5) is 0. The molecular weight excluding hydrogens is 866 g/mol. The van der Waals surface area contributed by atoms with Gasteiger partial charge in [-0.3, -0.25) is 0 Å². The van der Waals surface area contributed by atoms with Crippen molar-refractivity contribution in [3.05, 3.63) is 105 Å². The van der Waals surface area contributed by atoms with Gasteiger partial charge in [-0.2, -0.15) is 0 Å². The van der Waals surface area contributed by atoms with E-state index in [4.69, 9.17) is 17.0 Å². The van der Waals surface area contributed by atoms with Gasteiger partial charge in [0.1, 0.15) is 0 Å². The second-order valence-corrected chi connectivity index (χ2v) is 59.0. The van der Waals surface area contributed by atoms with Gasteiger partial charge < -0.3 is 0 Å². The molecule has 1 fully saturated rings. The summed E-state index contributed by atoms with van der Waals surface area (Å²) >= 11 is -5.23. The zero-order chi connectivity index (χ0) is 40.7. The molecular formula is C42H46Cl2F9SiZr. The van der Waals surface area contributed by atoms with Crippen LogP contribution >= 0.6 is 17.0 Å². The van der Waals surface area contributed by atoms with Gasteiger partial charge in [-0.15, -0.1) is 0 Å². The molecule has 13 heteroatoms. The molecule has 3 aromatic carbocycles.